The van der Waals surface area contributed by atoms with E-state index in [1.165, 1.54) is 11.3 Å². The summed E-state index contributed by atoms with van der Waals surface area (Å²) in [5.41, 5.74) is 2.76. The molecule has 0 radical (unpaired) electrons. The molecule has 0 saturated carbocycles. The zero-order valence-corrected chi connectivity index (χ0v) is 12.8. The molecule has 0 fully saturated rings. The van der Waals surface area contributed by atoms with Gasteiger partial charge in [0, 0.05) is 29.5 Å². The van der Waals surface area contributed by atoms with Crippen molar-refractivity contribution >= 4 is 23.1 Å². The maximum absolute atomic E-state index is 12.0. The highest BCUT2D eigenvalue weighted by atomic mass is 32.1. The van der Waals surface area contributed by atoms with E-state index < -0.39 is 0 Å². The maximum atomic E-state index is 12.0. The Morgan fingerprint density at radius 2 is 2.23 bits per heavy atom. The molecule has 0 aliphatic rings. The predicted octanol–water partition coefficient (Wildman–Crippen LogP) is 3.09. The van der Waals surface area contributed by atoms with Crippen LogP contribution in [0.25, 0.3) is 10.6 Å². The Morgan fingerprint density at radius 1 is 1.32 bits per heavy atom. The van der Waals surface area contributed by atoms with E-state index in [0.717, 1.165) is 21.8 Å². The number of hydrogen-bond acceptors (Lipinski definition) is 5. The Hall–Kier alpha value is -2.60. The number of carbonyl (C=O) groups is 1. The molecular weight excluding hydrogens is 296 g/mol. The fraction of sp³-hybridized carbons (Fsp3) is 0.125. The second-order valence-corrected chi connectivity index (χ2v) is 5.69. The summed E-state index contributed by atoms with van der Waals surface area (Å²) in [6.07, 6.45) is 5.39. The third kappa shape index (κ3) is 3.53. The van der Waals surface area contributed by atoms with E-state index in [4.69, 9.17) is 0 Å². The summed E-state index contributed by atoms with van der Waals surface area (Å²) >= 11 is 1.51. The average Bonchev–Trinajstić information content (AvgIpc) is 2.96. The summed E-state index contributed by atoms with van der Waals surface area (Å²) < 4.78 is 0. The minimum absolute atomic E-state index is 0.124. The normalized spacial score (nSPS) is 10.4. The van der Waals surface area contributed by atoms with Crippen molar-refractivity contribution in [2.24, 2.45) is 0 Å². The van der Waals surface area contributed by atoms with Gasteiger partial charge in [0.2, 0.25) is 5.91 Å². The Morgan fingerprint density at radius 3 is 3.00 bits per heavy atom. The molecule has 0 aliphatic heterocycles. The minimum Gasteiger partial charge on any atom is -0.310 e. The van der Waals surface area contributed by atoms with Crippen LogP contribution in [0.1, 0.15) is 11.3 Å². The molecule has 6 heteroatoms. The fourth-order valence-corrected chi connectivity index (χ4v) is 2.78. The first kappa shape index (κ1) is 14.3. The molecule has 5 nitrogen and oxygen atoms in total. The molecule has 0 bridgehead atoms. The molecule has 110 valence electrons. The van der Waals surface area contributed by atoms with Crippen LogP contribution < -0.4 is 5.32 Å². The molecule has 0 unspecified atom stereocenters. The van der Waals surface area contributed by atoms with Crippen LogP contribution in [0.3, 0.4) is 0 Å². The number of carbonyl (C=O) groups excluding carboxylic acids is 1. The number of amides is 1. The molecular formula is C16H14N4OS. The van der Waals surface area contributed by atoms with E-state index in [-0.39, 0.29) is 12.3 Å². The number of nitrogens with zero attached hydrogens (tertiary/aromatic N) is 3. The van der Waals surface area contributed by atoms with Gasteiger partial charge in [-0.1, -0.05) is 0 Å². The summed E-state index contributed by atoms with van der Waals surface area (Å²) in [4.78, 5) is 24.7. The monoisotopic (exact) mass is 310 g/mol. The van der Waals surface area contributed by atoms with Gasteiger partial charge in [0.05, 0.1) is 12.1 Å². The van der Waals surface area contributed by atoms with Crippen LogP contribution in [-0.4, -0.2) is 20.9 Å². The molecule has 0 spiro atoms. The van der Waals surface area contributed by atoms with Gasteiger partial charge in [0.1, 0.15) is 10.8 Å². The number of aryl methyl sites for hydroxylation is 1. The Balaban J connectivity index is 1.66. The average molecular weight is 310 g/mol. The summed E-state index contributed by atoms with van der Waals surface area (Å²) in [5.74, 6) is 0.439. The zero-order chi connectivity index (χ0) is 15.4. The van der Waals surface area contributed by atoms with Crippen LogP contribution in [-0.2, 0) is 11.2 Å². The van der Waals surface area contributed by atoms with E-state index in [1.54, 1.807) is 18.6 Å². The lowest BCUT2D eigenvalue weighted by Crippen LogP contribution is -2.15. The molecule has 1 amide bonds. The molecule has 22 heavy (non-hydrogen) atoms. The highest BCUT2D eigenvalue weighted by Gasteiger charge is 2.10. The van der Waals surface area contributed by atoms with E-state index in [0.29, 0.717) is 5.82 Å². The van der Waals surface area contributed by atoms with Gasteiger partial charge < -0.3 is 5.32 Å². The number of anilines is 1. The van der Waals surface area contributed by atoms with Gasteiger partial charge in [-0.25, -0.2) is 9.97 Å². The topological polar surface area (TPSA) is 67.8 Å². The van der Waals surface area contributed by atoms with E-state index in [1.807, 2.05) is 36.6 Å². The van der Waals surface area contributed by atoms with Crippen molar-refractivity contribution in [2.75, 3.05) is 5.32 Å². The van der Waals surface area contributed by atoms with Crippen molar-refractivity contribution < 1.29 is 4.79 Å². The summed E-state index contributed by atoms with van der Waals surface area (Å²) in [6.45, 7) is 1.96. The van der Waals surface area contributed by atoms with Crippen LogP contribution in [0.2, 0.25) is 0 Å². The van der Waals surface area contributed by atoms with Crippen molar-refractivity contribution in [3.8, 4) is 10.6 Å². The lowest BCUT2D eigenvalue weighted by Gasteiger charge is -2.03. The highest BCUT2D eigenvalue weighted by Crippen LogP contribution is 2.22. The van der Waals surface area contributed by atoms with Gasteiger partial charge in [-0.15, -0.1) is 11.3 Å². The summed E-state index contributed by atoms with van der Waals surface area (Å²) in [7, 11) is 0. The molecule has 0 saturated heterocycles. The lowest BCUT2D eigenvalue weighted by atomic mass is 10.3. The summed E-state index contributed by atoms with van der Waals surface area (Å²) in [5, 5.41) is 5.54. The van der Waals surface area contributed by atoms with Crippen molar-refractivity contribution in [1.82, 2.24) is 15.0 Å². The molecule has 3 heterocycles. The SMILES string of the molecule is Cc1ccnc(NC(=O)Cc2csc(-c3cccnc3)n2)c1. The molecule has 0 aliphatic carbocycles. The number of pyridine rings is 2. The smallest absolute Gasteiger partial charge is 0.231 e. The molecule has 0 aromatic carbocycles. The Kier molecular flexibility index (Phi) is 4.20. The molecule has 3 rings (SSSR count). The second kappa shape index (κ2) is 6.44. The third-order valence-corrected chi connectivity index (χ3v) is 3.93. The van der Waals surface area contributed by atoms with Crippen molar-refractivity contribution in [1.29, 1.82) is 0 Å². The third-order valence-electron chi connectivity index (χ3n) is 2.98. The van der Waals surface area contributed by atoms with Gasteiger partial charge in [-0.2, -0.15) is 0 Å². The van der Waals surface area contributed by atoms with Gasteiger partial charge in [-0.3, -0.25) is 9.78 Å². The van der Waals surface area contributed by atoms with E-state index >= 15 is 0 Å². The zero-order valence-electron chi connectivity index (χ0n) is 12.0. The van der Waals surface area contributed by atoms with Gasteiger partial charge in [0.25, 0.3) is 0 Å². The predicted molar refractivity (Wildman–Crippen MR) is 86.7 cm³/mol. The Bertz CT molecular complexity index is 786. The van der Waals surface area contributed by atoms with Crippen LogP contribution in [0.4, 0.5) is 5.82 Å². The van der Waals surface area contributed by atoms with Crippen molar-refractivity contribution in [3.05, 3.63) is 59.5 Å². The first-order chi connectivity index (χ1) is 10.7. The van der Waals surface area contributed by atoms with Gasteiger partial charge in [-0.05, 0) is 36.8 Å². The molecule has 1 N–H and O–H groups in total. The number of rotatable bonds is 4. The van der Waals surface area contributed by atoms with Crippen LogP contribution in [0, 0.1) is 6.92 Å². The van der Waals surface area contributed by atoms with E-state index in [2.05, 4.69) is 20.3 Å². The van der Waals surface area contributed by atoms with Crippen LogP contribution in [0.5, 0.6) is 0 Å². The summed E-state index contributed by atoms with van der Waals surface area (Å²) in [6, 6.07) is 7.54. The Labute approximate surface area is 132 Å². The number of aromatic nitrogens is 3. The number of hydrogen-bond donors (Lipinski definition) is 1. The maximum Gasteiger partial charge on any atom is 0.231 e. The fourth-order valence-electron chi connectivity index (χ4n) is 1.97. The lowest BCUT2D eigenvalue weighted by molar-refractivity contribution is -0.115. The second-order valence-electron chi connectivity index (χ2n) is 4.83. The minimum atomic E-state index is -0.124. The van der Waals surface area contributed by atoms with E-state index in [9.17, 15) is 4.79 Å². The van der Waals surface area contributed by atoms with Crippen molar-refractivity contribution in [2.45, 2.75) is 13.3 Å². The van der Waals surface area contributed by atoms with Crippen LogP contribution in [0.15, 0.2) is 48.2 Å². The number of thiazole rings is 1. The molecule has 3 aromatic rings. The van der Waals surface area contributed by atoms with Crippen LogP contribution >= 0.6 is 11.3 Å². The van der Waals surface area contributed by atoms with Crippen molar-refractivity contribution in [3.63, 3.8) is 0 Å². The number of nitrogens with one attached hydrogen (secondary N) is 1. The standard InChI is InChI=1S/C16H14N4OS/c1-11-4-6-18-14(7-11)20-15(21)8-13-10-22-16(19-13)12-3-2-5-17-9-12/h2-7,9-10H,8H2,1H3,(H,18,20,21). The van der Waals surface area contributed by atoms with Gasteiger partial charge in [0.15, 0.2) is 0 Å². The largest absolute Gasteiger partial charge is 0.310 e. The molecule has 3 aromatic heterocycles. The quantitative estimate of drug-likeness (QED) is 0.804. The van der Waals surface area contributed by atoms with Gasteiger partial charge >= 0.3 is 0 Å². The highest BCUT2D eigenvalue weighted by molar-refractivity contribution is 7.13. The molecule has 0 atom stereocenters. The first-order valence-corrected chi connectivity index (χ1v) is 7.66. The first-order valence-electron chi connectivity index (χ1n) is 6.78.